The van der Waals surface area contributed by atoms with Crippen molar-refractivity contribution in [1.29, 1.82) is 0 Å². The van der Waals surface area contributed by atoms with Crippen molar-refractivity contribution in [2.75, 3.05) is 11.9 Å². The number of ether oxygens (including phenoxy) is 1. The summed E-state index contributed by atoms with van der Waals surface area (Å²) in [5.41, 5.74) is 0.788. The van der Waals surface area contributed by atoms with Crippen LogP contribution in [0.15, 0.2) is 42.5 Å². The van der Waals surface area contributed by atoms with Crippen molar-refractivity contribution in [2.24, 2.45) is 0 Å². The lowest BCUT2D eigenvalue weighted by molar-refractivity contribution is -0.134. The molecule has 4 amide bonds. The molecule has 30 heavy (non-hydrogen) atoms. The standard InChI is InChI=1S/C20H16ClF2N3O4/c21-14-9-12(5-6-15(14)30-18(22)23)24-16(27)10-26-17(28)20(25-19(26)29)8-7-11-3-1-2-4-13(11)20/h1-6,9,18H,7-8,10H2,(H,24,27)(H,25,29)/t20-/m0/s1. The summed E-state index contributed by atoms with van der Waals surface area (Å²) in [6, 6.07) is 10.5. The summed E-state index contributed by atoms with van der Waals surface area (Å²) in [5, 5.41) is 5.11. The van der Waals surface area contributed by atoms with E-state index >= 15 is 0 Å². The number of imide groups is 1. The van der Waals surface area contributed by atoms with E-state index in [2.05, 4.69) is 15.4 Å². The van der Waals surface area contributed by atoms with Crippen LogP contribution in [0.2, 0.25) is 5.02 Å². The van der Waals surface area contributed by atoms with Crippen LogP contribution in [0.3, 0.4) is 0 Å². The maximum atomic E-state index is 13.0. The Kier molecular flexibility index (Phi) is 5.07. The molecule has 2 N–H and O–H groups in total. The molecule has 7 nitrogen and oxygen atoms in total. The van der Waals surface area contributed by atoms with Crippen molar-refractivity contribution in [3.05, 3.63) is 58.6 Å². The van der Waals surface area contributed by atoms with Crippen LogP contribution in [0.5, 0.6) is 5.75 Å². The zero-order valence-corrected chi connectivity index (χ0v) is 16.2. The highest BCUT2D eigenvalue weighted by atomic mass is 35.5. The second-order valence-corrected chi connectivity index (χ2v) is 7.36. The third-order valence-corrected chi connectivity index (χ3v) is 5.45. The van der Waals surface area contributed by atoms with Gasteiger partial charge in [0.2, 0.25) is 5.91 Å². The van der Waals surface area contributed by atoms with E-state index in [1.54, 1.807) is 12.1 Å². The molecule has 0 radical (unpaired) electrons. The van der Waals surface area contributed by atoms with Gasteiger partial charge in [-0.1, -0.05) is 35.9 Å². The van der Waals surface area contributed by atoms with Gasteiger partial charge in [-0.2, -0.15) is 8.78 Å². The normalized spacial score (nSPS) is 19.9. The SMILES string of the molecule is O=C(CN1C(=O)N[C@]2(CCc3ccccc32)C1=O)Nc1ccc(OC(F)F)c(Cl)c1. The van der Waals surface area contributed by atoms with E-state index in [-0.39, 0.29) is 16.5 Å². The maximum absolute atomic E-state index is 13.0. The Morgan fingerprint density at radius 1 is 1.27 bits per heavy atom. The lowest BCUT2D eigenvalue weighted by Crippen LogP contribution is -2.42. The van der Waals surface area contributed by atoms with Crippen LogP contribution in [0.4, 0.5) is 19.3 Å². The van der Waals surface area contributed by atoms with Crippen molar-refractivity contribution < 1.29 is 27.9 Å². The molecule has 1 aliphatic heterocycles. The van der Waals surface area contributed by atoms with Gasteiger partial charge in [0.05, 0.1) is 5.02 Å². The molecular formula is C20H16ClF2N3O4. The fourth-order valence-corrected chi connectivity index (χ4v) is 4.07. The van der Waals surface area contributed by atoms with Gasteiger partial charge in [-0.3, -0.25) is 14.5 Å². The number of hydrogen-bond acceptors (Lipinski definition) is 4. The quantitative estimate of drug-likeness (QED) is 0.706. The number of rotatable bonds is 5. The monoisotopic (exact) mass is 435 g/mol. The molecule has 0 unspecified atom stereocenters. The number of nitrogens with zero attached hydrogens (tertiary/aromatic N) is 1. The lowest BCUT2D eigenvalue weighted by Gasteiger charge is -2.22. The molecule has 0 bridgehead atoms. The number of nitrogens with one attached hydrogen (secondary N) is 2. The van der Waals surface area contributed by atoms with Crippen LogP contribution >= 0.6 is 11.6 Å². The molecule has 0 saturated carbocycles. The third kappa shape index (κ3) is 3.45. The van der Waals surface area contributed by atoms with Gasteiger partial charge >= 0.3 is 12.6 Å². The largest absolute Gasteiger partial charge is 0.433 e. The lowest BCUT2D eigenvalue weighted by atomic mass is 9.92. The summed E-state index contributed by atoms with van der Waals surface area (Å²) in [6.07, 6.45) is 1.07. The Morgan fingerprint density at radius 3 is 2.77 bits per heavy atom. The van der Waals surface area contributed by atoms with Gasteiger partial charge in [-0.25, -0.2) is 4.79 Å². The van der Waals surface area contributed by atoms with E-state index < -0.39 is 36.5 Å². The zero-order valence-electron chi connectivity index (χ0n) is 15.5. The molecule has 1 heterocycles. The zero-order chi connectivity index (χ0) is 21.5. The van der Waals surface area contributed by atoms with Gasteiger partial charge < -0.3 is 15.4 Å². The number of fused-ring (bicyclic) bond motifs is 2. The first kappa shape index (κ1) is 20.1. The molecule has 1 saturated heterocycles. The minimum atomic E-state index is -3.03. The number of alkyl halides is 2. The molecule has 2 aromatic rings. The fraction of sp³-hybridized carbons (Fsp3) is 0.250. The van der Waals surface area contributed by atoms with Crippen molar-refractivity contribution in [3.63, 3.8) is 0 Å². The number of halogens is 3. The van der Waals surface area contributed by atoms with E-state index in [1.165, 1.54) is 18.2 Å². The average molecular weight is 436 g/mol. The highest BCUT2D eigenvalue weighted by Gasteiger charge is 2.55. The van der Waals surface area contributed by atoms with Gasteiger partial charge in [0.25, 0.3) is 5.91 Å². The summed E-state index contributed by atoms with van der Waals surface area (Å²) in [7, 11) is 0. The smallest absolute Gasteiger partial charge is 0.387 e. The fourth-order valence-electron chi connectivity index (χ4n) is 3.85. The molecule has 0 aromatic heterocycles. The first-order valence-corrected chi connectivity index (χ1v) is 9.45. The second-order valence-electron chi connectivity index (χ2n) is 6.96. The van der Waals surface area contributed by atoms with Crippen LogP contribution in [0, 0.1) is 0 Å². The summed E-state index contributed by atoms with van der Waals surface area (Å²) in [6.45, 7) is -3.53. The first-order chi connectivity index (χ1) is 14.3. The van der Waals surface area contributed by atoms with Crippen molar-refractivity contribution in [3.8, 4) is 5.75 Å². The Bertz CT molecular complexity index is 1050. The van der Waals surface area contributed by atoms with Crippen LogP contribution in [0.1, 0.15) is 17.5 Å². The van der Waals surface area contributed by atoms with E-state index in [0.29, 0.717) is 12.8 Å². The summed E-state index contributed by atoms with van der Waals surface area (Å²) < 4.78 is 28.8. The predicted molar refractivity (Wildman–Crippen MR) is 103 cm³/mol. The van der Waals surface area contributed by atoms with Crippen LogP contribution in [-0.2, 0) is 21.5 Å². The molecule has 1 aliphatic carbocycles. The van der Waals surface area contributed by atoms with Gasteiger partial charge in [0.15, 0.2) is 0 Å². The highest BCUT2D eigenvalue weighted by molar-refractivity contribution is 6.32. The Labute approximate surface area is 174 Å². The van der Waals surface area contributed by atoms with E-state index in [9.17, 15) is 23.2 Å². The minimum Gasteiger partial charge on any atom is -0.433 e. The van der Waals surface area contributed by atoms with Crippen molar-refractivity contribution in [1.82, 2.24) is 10.2 Å². The van der Waals surface area contributed by atoms with Crippen LogP contribution in [0.25, 0.3) is 0 Å². The molecule has 2 aromatic carbocycles. The highest BCUT2D eigenvalue weighted by Crippen LogP contribution is 2.41. The maximum Gasteiger partial charge on any atom is 0.387 e. The van der Waals surface area contributed by atoms with Gasteiger partial charge in [0, 0.05) is 5.69 Å². The Morgan fingerprint density at radius 2 is 2.03 bits per heavy atom. The number of hydrogen-bond donors (Lipinski definition) is 2. The molecule has 10 heteroatoms. The van der Waals surface area contributed by atoms with Crippen LogP contribution in [-0.4, -0.2) is 35.9 Å². The van der Waals surface area contributed by atoms with Gasteiger partial charge in [-0.15, -0.1) is 0 Å². The predicted octanol–water partition coefficient (Wildman–Crippen LogP) is 3.27. The molecule has 156 valence electrons. The van der Waals surface area contributed by atoms with Gasteiger partial charge in [-0.05, 0) is 42.2 Å². The van der Waals surface area contributed by atoms with E-state index in [1.807, 2.05) is 12.1 Å². The number of benzene rings is 2. The number of carbonyl (C=O) groups excluding carboxylic acids is 3. The molecular weight excluding hydrogens is 420 g/mol. The second kappa shape index (κ2) is 7.56. The number of aryl methyl sites for hydroxylation is 1. The minimum absolute atomic E-state index is 0.121. The third-order valence-electron chi connectivity index (χ3n) is 5.16. The number of amides is 4. The van der Waals surface area contributed by atoms with Gasteiger partial charge in [0.1, 0.15) is 17.8 Å². The number of urea groups is 1. The summed E-state index contributed by atoms with van der Waals surface area (Å²) in [5.74, 6) is -1.35. The molecule has 1 fully saturated rings. The van der Waals surface area contributed by atoms with Crippen LogP contribution < -0.4 is 15.4 Å². The molecule has 4 rings (SSSR count). The number of anilines is 1. The number of carbonyl (C=O) groups is 3. The Hall–Kier alpha value is -3.20. The molecule has 1 spiro atoms. The van der Waals surface area contributed by atoms with E-state index in [4.69, 9.17) is 11.6 Å². The van der Waals surface area contributed by atoms with E-state index in [0.717, 1.165) is 16.0 Å². The topological polar surface area (TPSA) is 87.7 Å². The Balaban J connectivity index is 1.46. The average Bonchev–Trinajstić information content (AvgIpc) is 3.17. The summed E-state index contributed by atoms with van der Waals surface area (Å²) >= 11 is 5.87. The molecule has 1 atom stereocenters. The first-order valence-electron chi connectivity index (χ1n) is 9.07. The van der Waals surface area contributed by atoms with Crippen molar-refractivity contribution >= 4 is 35.1 Å². The summed E-state index contributed by atoms with van der Waals surface area (Å²) in [4.78, 5) is 38.8. The molecule has 2 aliphatic rings. The van der Waals surface area contributed by atoms with Crippen molar-refractivity contribution in [2.45, 2.75) is 25.0 Å².